The summed E-state index contributed by atoms with van der Waals surface area (Å²) in [6, 6.07) is 18.6. The Labute approximate surface area is 244 Å². The monoisotopic (exact) mass is 654 g/mol. The summed E-state index contributed by atoms with van der Waals surface area (Å²) in [7, 11) is -5.84. The minimum Gasteiger partial charge on any atom is -0.406 e. The third kappa shape index (κ3) is 9.74. The fourth-order valence-electron chi connectivity index (χ4n) is 3.93. The molecule has 0 aliphatic rings. The van der Waals surface area contributed by atoms with Crippen LogP contribution in [0, 0.1) is 0 Å². The van der Waals surface area contributed by atoms with Gasteiger partial charge in [-0.15, -0.1) is 13.2 Å². The van der Waals surface area contributed by atoms with Crippen LogP contribution in [0.5, 0.6) is 5.75 Å². The van der Waals surface area contributed by atoms with Crippen molar-refractivity contribution < 1.29 is 57.2 Å². The maximum absolute atomic E-state index is 13.2. The molecule has 1 N–H and O–H groups in total. The van der Waals surface area contributed by atoms with E-state index >= 15 is 0 Å². The average molecular weight is 655 g/mol. The number of aryl methyl sites for hydroxylation is 3. The minimum absolute atomic E-state index is 0.270. The van der Waals surface area contributed by atoms with E-state index in [1.54, 1.807) is 29.0 Å². The molecule has 0 saturated heterocycles. The normalized spacial score (nSPS) is 13.0. The smallest absolute Gasteiger partial charge is 0.406 e. The molecular weight excluding hydrogens is 631 g/mol. The van der Waals surface area contributed by atoms with Gasteiger partial charge < -0.3 is 9.30 Å². The van der Waals surface area contributed by atoms with Gasteiger partial charge in [0.1, 0.15) is 5.75 Å². The van der Waals surface area contributed by atoms with Crippen molar-refractivity contribution in [3.63, 3.8) is 0 Å². The lowest BCUT2D eigenvalue weighted by atomic mass is 10.0. The number of hydrogen-bond acceptors (Lipinski definition) is 4. The molecule has 238 valence electrons. The van der Waals surface area contributed by atoms with Crippen molar-refractivity contribution in [3.8, 4) is 5.75 Å². The Morgan fingerprint density at radius 3 is 1.98 bits per heavy atom. The molecule has 4 aromatic rings. The number of ether oxygens (including phenoxy) is 1. The average Bonchev–Trinajstić information content (AvgIpc) is 2.91. The van der Waals surface area contributed by atoms with Gasteiger partial charge in [0.05, 0.1) is 22.1 Å². The molecule has 1 aromatic heterocycles. The van der Waals surface area contributed by atoms with E-state index < -0.39 is 33.7 Å². The summed E-state index contributed by atoms with van der Waals surface area (Å²) < 4.78 is 140. The highest BCUT2D eigenvalue weighted by Gasteiger charge is 2.44. The number of alkyl halides is 9. The molecule has 1 heterocycles. The van der Waals surface area contributed by atoms with Crippen molar-refractivity contribution in [2.24, 2.45) is 4.99 Å². The van der Waals surface area contributed by atoms with Gasteiger partial charge in [-0.05, 0) is 73.4 Å². The highest BCUT2D eigenvalue weighted by molar-refractivity contribution is 7.86. The van der Waals surface area contributed by atoms with Crippen LogP contribution in [0.25, 0.3) is 10.9 Å². The summed E-state index contributed by atoms with van der Waals surface area (Å²) in [4.78, 5) is 4.68. The molecule has 0 atom stereocenters. The Balaban J connectivity index is 0.000000583. The van der Waals surface area contributed by atoms with Gasteiger partial charge in [0.2, 0.25) is 0 Å². The quantitative estimate of drug-likeness (QED) is 0.130. The number of aromatic nitrogens is 1. The second kappa shape index (κ2) is 13.3. The highest BCUT2D eigenvalue weighted by Crippen LogP contribution is 2.31. The highest BCUT2D eigenvalue weighted by atomic mass is 32.2. The molecule has 0 amide bonds. The Kier molecular flexibility index (Phi) is 10.4. The lowest BCUT2D eigenvalue weighted by Crippen LogP contribution is -2.21. The molecule has 0 unspecified atom stereocenters. The number of hydrogen-bond donors (Lipinski definition) is 1. The lowest BCUT2D eigenvalue weighted by molar-refractivity contribution is -0.274. The molecule has 3 aromatic carbocycles. The molecule has 0 fully saturated rings. The Hall–Kier alpha value is -4.05. The van der Waals surface area contributed by atoms with Crippen LogP contribution in [0.2, 0.25) is 0 Å². The maximum Gasteiger partial charge on any atom is 0.573 e. The zero-order valence-electron chi connectivity index (χ0n) is 22.5. The molecular formula is C28H23F9N2O4S. The van der Waals surface area contributed by atoms with Crippen molar-refractivity contribution in [2.45, 2.75) is 44.4 Å². The molecule has 0 aliphatic carbocycles. The molecule has 0 radical (unpaired) electrons. The van der Waals surface area contributed by atoms with E-state index in [-0.39, 0.29) is 5.75 Å². The van der Waals surface area contributed by atoms with Gasteiger partial charge in [0, 0.05) is 18.1 Å². The second-order valence-corrected chi connectivity index (χ2v) is 10.5. The summed E-state index contributed by atoms with van der Waals surface area (Å²) in [5.74, 6) is -0.270. The van der Waals surface area contributed by atoms with Crippen LogP contribution in [0.3, 0.4) is 0 Å². The van der Waals surface area contributed by atoms with Crippen molar-refractivity contribution in [1.29, 1.82) is 0 Å². The van der Waals surface area contributed by atoms with E-state index in [0.717, 1.165) is 23.3 Å². The van der Waals surface area contributed by atoms with E-state index in [0.29, 0.717) is 41.3 Å². The van der Waals surface area contributed by atoms with Gasteiger partial charge in [-0.2, -0.15) is 34.8 Å². The van der Waals surface area contributed by atoms with Crippen LogP contribution >= 0.6 is 0 Å². The molecule has 0 spiro atoms. The SMILES string of the molecule is CCn1ccc(=Nc2cccc(CCc3ccc(OC(F)(F)F)cc3)c2)c2ccc(C(F)(F)F)cc21.O=S(=O)(O)C(F)(F)F. The summed E-state index contributed by atoms with van der Waals surface area (Å²) in [5, 5.41) is 1.17. The molecule has 0 saturated carbocycles. The summed E-state index contributed by atoms with van der Waals surface area (Å²) in [6.45, 7) is 2.37. The van der Waals surface area contributed by atoms with E-state index in [4.69, 9.17) is 13.0 Å². The van der Waals surface area contributed by atoms with Gasteiger partial charge in [0.15, 0.2) is 0 Å². The Bertz CT molecular complexity index is 1760. The zero-order chi connectivity index (χ0) is 32.9. The van der Waals surface area contributed by atoms with Gasteiger partial charge in [-0.1, -0.05) is 30.3 Å². The third-order valence-corrected chi connectivity index (χ3v) is 6.56. The van der Waals surface area contributed by atoms with Gasteiger partial charge in [0.25, 0.3) is 0 Å². The van der Waals surface area contributed by atoms with Crippen molar-refractivity contribution in [2.75, 3.05) is 0 Å². The van der Waals surface area contributed by atoms with Crippen LogP contribution < -0.4 is 10.1 Å². The van der Waals surface area contributed by atoms with Gasteiger partial charge >= 0.3 is 28.2 Å². The zero-order valence-corrected chi connectivity index (χ0v) is 23.3. The molecule has 6 nitrogen and oxygen atoms in total. The fraction of sp³-hybridized carbons (Fsp3) is 0.250. The molecule has 16 heteroatoms. The first kappa shape index (κ1) is 34.4. The largest absolute Gasteiger partial charge is 0.573 e. The minimum atomic E-state index is -5.84. The van der Waals surface area contributed by atoms with Crippen LogP contribution in [0.15, 0.2) is 84.0 Å². The van der Waals surface area contributed by atoms with E-state index in [1.807, 2.05) is 31.2 Å². The van der Waals surface area contributed by atoms with Crippen molar-refractivity contribution >= 4 is 26.7 Å². The molecule has 4 rings (SSSR count). The number of halogens is 9. The number of rotatable bonds is 6. The predicted octanol–water partition coefficient (Wildman–Crippen LogP) is 7.99. The van der Waals surface area contributed by atoms with E-state index in [9.17, 15) is 39.5 Å². The Morgan fingerprint density at radius 2 is 1.43 bits per heavy atom. The number of pyridine rings is 1. The number of nitrogens with zero attached hydrogens (tertiary/aromatic N) is 2. The fourth-order valence-corrected chi connectivity index (χ4v) is 3.93. The summed E-state index contributed by atoms with van der Waals surface area (Å²) in [5.41, 5.74) is -3.33. The van der Waals surface area contributed by atoms with Crippen LogP contribution in [0.4, 0.5) is 45.2 Å². The standard InChI is InChI=1S/C27H22F6N2O.CHF3O3S/c1-2-35-15-14-24(23-13-10-20(17-25(23)35)26(28,29)30)34-21-5-3-4-19(16-21)7-6-18-8-11-22(12-9-18)36-27(31,32)33;2-1(3,4)8(5,6)7/h3-5,8-17H,2,6-7H2,1H3;(H,5,6,7). The Morgan fingerprint density at radius 1 is 0.818 bits per heavy atom. The summed E-state index contributed by atoms with van der Waals surface area (Å²) >= 11 is 0. The number of benzene rings is 3. The first-order valence-corrected chi connectivity index (χ1v) is 13.9. The van der Waals surface area contributed by atoms with Crippen LogP contribution in [-0.2, 0) is 35.7 Å². The first-order chi connectivity index (χ1) is 20.3. The van der Waals surface area contributed by atoms with Crippen LogP contribution in [-0.4, -0.2) is 29.4 Å². The summed E-state index contributed by atoms with van der Waals surface area (Å²) in [6.07, 6.45) is -6.22. The molecule has 0 bridgehead atoms. The topological polar surface area (TPSA) is 80.9 Å². The van der Waals surface area contributed by atoms with E-state index in [1.165, 1.54) is 18.2 Å². The first-order valence-electron chi connectivity index (χ1n) is 12.5. The van der Waals surface area contributed by atoms with Crippen molar-refractivity contribution in [3.05, 3.63) is 101 Å². The van der Waals surface area contributed by atoms with Crippen molar-refractivity contribution in [1.82, 2.24) is 4.57 Å². The molecule has 44 heavy (non-hydrogen) atoms. The van der Waals surface area contributed by atoms with Crippen LogP contribution in [0.1, 0.15) is 23.6 Å². The van der Waals surface area contributed by atoms with E-state index in [2.05, 4.69) is 9.73 Å². The van der Waals surface area contributed by atoms with Gasteiger partial charge in [-0.25, -0.2) is 4.99 Å². The van der Waals surface area contributed by atoms with Gasteiger partial charge in [-0.3, -0.25) is 4.55 Å². The predicted molar refractivity (Wildman–Crippen MR) is 142 cm³/mol. The third-order valence-electron chi connectivity index (χ3n) is 5.98. The molecule has 0 aliphatic heterocycles. The lowest BCUT2D eigenvalue weighted by Gasteiger charge is -2.12. The second-order valence-electron chi connectivity index (χ2n) is 9.11. The maximum atomic E-state index is 13.2. The number of fused-ring (bicyclic) bond motifs is 1.